The molecule has 0 radical (unpaired) electrons. The molecular formula is C28H39N3O. The predicted octanol–water partition coefficient (Wildman–Crippen LogP) is 5.21. The molecule has 0 N–H and O–H groups in total. The Labute approximate surface area is 194 Å². The second kappa shape index (κ2) is 10.5. The third-order valence-corrected chi connectivity index (χ3v) is 7.51. The van der Waals surface area contributed by atoms with Gasteiger partial charge >= 0.3 is 0 Å². The van der Waals surface area contributed by atoms with Gasteiger partial charge in [-0.15, -0.1) is 0 Å². The van der Waals surface area contributed by atoms with E-state index in [9.17, 15) is 4.79 Å². The Morgan fingerprint density at radius 2 is 1.59 bits per heavy atom. The van der Waals surface area contributed by atoms with Gasteiger partial charge in [0.05, 0.1) is 0 Å². The highest BCUT2D eigenvalue weighted by Crippen LogP contribution is 2.33. The predicted molar refractivity (Wildman–Crippen MR) is 134 cm³/mol. The molecule has 4 heteroatoms. The quantitative estimate of drug-likeness (QED) is 0.626. The molecule has 0 aromatic heterocycles. The minimum absolute atomic E-state index is 0.363. The van der Waals surface area contributed by atoms with Crippen LogP contribution in [0, 0.1) is 12.8 Å². The van der Waals surface area contributed by atoms with Gasteiger partial charge in [0, 0.05) is 57.4 Å². The first kappa shape index (κ1) is 22.8. The molecule has 4 nitrogen and oxygen atoms in total. The maximum Gasteiger partial charge on any atom is 0.222 e. The van der Waals surface area contributed by atoms with Crippen LogP contribution in [0.4, 0.5) is 5.69 Å². The molecule has 4 rings (SSSR count). The molecule has 0 saturated carbocycles. The molecule has 2 aromatic carbocycles. The number of piperazine rings is 1. The van der Waals surface area contributed by atoms with E-state index in [0.717, 1.165) is 52.1 Å². The van der Waals surface area contributed by atoms with Crippen LogP contribution in [0.5, 0.6) is 0 Å². The first-order valence-electron chi connectivity index (χ1n) is 12.4. The Bertz CT molecular complexity index is 879. The van der Waals surface area contributed by atoms with Crippen molar-refractivity contribution in [3.8, 4) is 11.1 Å². The fourth-order valence-corrected chi connectivity index (χ4v) is 5.33. The van der Waals surface area contributed by atoms with Gasteiger partial charge in [-0.2, -0.15) is 0 Å². The average molecular weight is 434 g/mol. The number of hydrogen-bond acceptors (Lipinski definition) is 3. The number of carbonyl (C=O) groups excluding carboxylic acids is 1. The van der Waals surface area contributed by atoms with Gasteiger partial charge in [0.25, 0.3) is 0 Å². The number of benzene rings is 2. The van der Waals surface area contributed by atoms with E-state index < -0.39 is 0 Å². The van der Waals surface area contributed by atoms with Crippen LogP contribution in [-0.2, 0) is 4.79 Å². The van der Waals surface area contributed by atoms with Crippen LogP contribution in [0.1, 0.15) is 45.1 Å². The molecular weight excluding hydrogens is 394 g/mol. The van der Waals surface area contributed by atoms with Crippen molar-refractivity contribution >= 4 is 11.6 Å². The molecule has 172 valence electrons. The summed E-state index contributed by atoms with van der Waals surface area (Å²) >= 11 is 0. The summed E-state index contributed by atoms with van der Waals surface area (Å²) in [6.07, 6.45) is 4.13. The van der Waals surface area contributed by atoms with Gasteiger partial charge in [-0.1, -0.05) is 42.5 Å². The first-order valence-corrected chi connectivity index (χ1v) is 12.4. The van der Waals surface area contributed by atoms with Crippen molar-refractivity contribution in [3.05, 3.63) is 54.1 Å². The molecule has 1 amide bonds. The Hall–Kier alpha value is -2.33. The third kappa shape index (κ3) is 5.35. The van der Waals surface area contributed by atoms with E-state index in [1.807, 2.05) is 0 Å². The van der Waals surface area contributed by atoms with Crippen LogP contribution in [0.25, 0.3) is 11.1 Å². The van der Waals surface area contributed by atoms with E-state index >= 15 is 0 Å². The summed E-state index contributed by atoms with van der Waals surface area (Å²) in [7, 11) is 0. The third-order valence-electron chi connectivity index (χ3n) is 7.51. The average Bonchev–Trinajstić information content (AvgIpc) is 2.84. The van der Waals surface area contributed by atoms with E-state index in [2.05, 4.69) is 84.0 Å². The minimum atomic E-state index is 0.363. The summed E-state index contributed by atoms with van der Waals surface area (Å²) < 4.78 is 0. The summed E-state index contributed by atoms with van der Waals surface area (Å²) in [6.45, 7) is 12.7. The molecule has 0 atom stereocenters. The molecule has 2 aliphatic rings. The summed E-state index contributed by atoms with van der Waals surface area (Å²) in [6, 6.07) is 17.9. The SMILES string of the molecule is Cc1c(-c2ccccc2)cccc1N1CCC(CCC(=O)N2CCN(C(C)C)CC2)CC1. The zero-order valence-electron chi connectivity index (χ0n) is 20.1. The molecule has 0 aliphatic carbocycles. The number of anilines is 1. The highest BCUT2D eigenvalue weighted by atomic mass is 16.2. The van der Waals surface area contributed by atoms with E-state index in [0.29, 0.717) is 17.9 Å². The van der Waals surface area contributed by atoms with Gasteiger partial charge in [-0.05, 0) is 68.7 Å². The smallest absolute Gasteiger partial charge is 0.222 e. The lowest BCUT2D eigenvalue weighted by Crippen LogP contribution is -2.50. The largest absolute Gasteiger partial charge is 0.371 e. The van der Waals surface area contributed by atoms with E-state index in [-0.39, 0.29) is 0 Å². The molecule has 0 spiro atoms. The fourth-order valence-electron chi connectivity index (χ4n) is 5.33. The van der Waals surface area contributed by atoms with Crippen LogP contribution in [-0.4, -0.2) is 61.0 Å². The zero-order valence-corrected chi connectivity index (χ0v) is 20.1. The molecule has 2 aromatic rings. The van der Waals surface area contributed by atoms with Gasteiger partial charge in [0.2, 0.25) is 5.91 Å². The molecule has 2 aliphatic heterocycles. The first-order chi connectivity index (χ1) is 15.5. The van der Waals surface area contributed by atoms with E-state index in [1.165, 1.54) is 35.2 Å². The highest BCUT2D eigenvalue weighted by molar-refractivity contribution is 5.76. The fraction of sp³-hybridized carbons (Fsp3) is 0.536. The number of nitrogens with zero attached hydrogens (tertiary/aromatic N) is 3. The topological polar surface area (TPSA) is 26.8 Å². The van der Waals surface area contributed by atoms with Crippen LogP contribution >= 0.6 is 0 Å². The zero-order chi connectivity index (χ0) is 22.5. The van der Waals surface area contributed by atoms with Crippen molar-refractivity contribution in [3.63, 3.8) is 0 Å². The lowest BCUT2D eigenvalue weighted by Gasteiger charge is -2.37. The van der Waals surface area contributed by atoms with Gasteiger partial charge in [-0.3, -0.25) is 9.69 Å². The Morgan fingerprint density at radius 3 is 2.25 bits per heavy atom. The normalized spacial score (nSPS) is 18.4. The van der Waals surface area contributed by atoms with Crippen molar-refractivity contribution in [1.29, 1.82) is 0 Å². The van der Waals surface area contributed by atoms with E-state index in [4.69, 9.17) is 0 Å². The Kier molecular flexibility index (Phi) is 7.51. The second-order valence-electron chi connectivity index (χ2n) is 9.80. The molecule has 32 heavy (non-hydrogen) atoms. The number of amides is 1. The summed E-state index contributed by atoms with van der Waals surface area (Å²) in [4.78, 5) is 19.8. The standard InChI is InChI=1S/C28H39N3O/c1-22(2)29-18-20-31(21-19-29)28(32)13-12-24-14-16-30(17-15-24)27-11-7-10-26(23(27)3)25-8-5-4-6-9-25/h4-11,22,24H,12-21H2,1-3H3. The van der Waals surface area contributed by atoms with Crippen molar-refractivity contribution in [2.75, 3.05) is 44.2 Å². The number of rotatable bonds is 6. The summed E-state index contributed by atoms with van der Waals surface area (Å²) in [5, 5.41) is 0. The monoisotopic (exact) mass is 433 g/mol. The van der Waals surface area contributed by atoms with Crippen LogP contribution in [0.3, 0.4) is 0 Å². The van der Waals surface area contributed by atoms with E-state index in [1.54, 1.807) is 0 Å². The summed E-state index contributed by atoms with van der Waals surface area (Å²) in [5.41, 5.74) is 5.35. The molecule has 2 saturated heterocycles. The maximum atomic E-state index is 12.7. The second-order valence-corrected chi connectivity index (χ2v) is 9.80. The highest BCUT2D eigenvalue weighted by Gasteiger charge is 2.25. The lowest BCUT2D eigenvalue weighted by atomic mass is 9.90. The van der Waals surface area contributed by atoms with Gasteiger partial charge in [-0.25, -0.2) is 0 Å². The minimum Gasteiger partial charge on any atom is -0.371 e. The number of piperidine rings is 1. The number of hydrogen-bond donors (Lipinski definition) is 0. The van der Waals surface area contributed by atoms with Crippen molar-refractivity contribution in [1.82, 2.24) is 9.80 Å². The Morgan fingerprint density at radius 1 is 0.906 bits per heavy atom. The molecule has 2 heterocycles. The van der Waals surface area contributed by atoms with Crippen LogP contribution < -0.4 is 4.90 Å². The van der Waals surface area contributed by atoms with Crippen LogP contribution in [0.2, 0.25) is 0 Å². The Balaban J connectivity index is 1.27. The van der Waals surface area contributed by atoms with Gasteiger partial charge < -0.3 is 9.80 Å². The maximum absolute atomic E-state index is 12.7. The van der Waals surface area contributed by atoms with Gasteiger partial charge in [0.1, 0.15) is 0 Å². The van der Waals surface area contributed by atoms with Crippen molar-refractivity contribution < 1.29 is 4.79 Å². The van der Waals surface area contributed by atoms with Gasteiger partial charge in [0.15, 0.2) is 0 Å². The van der Waals surface area contributed by atoms with Crippen molar-refractivity contribution in [2.24, 2.45) is 5.92 Å². The molecule has 2 fully saturated rings. The molecule has 0 bridgehead atoms. The summed E-state index contributed by atoms with van der Waals surface area (Å²) in [5.74, 6) is 1.03. The number of carbonyl (C=O) groups is 1. The van der Waals surface area contributed by atoms with Crippen molar-refractivity contribution in [2.45, 2.75) is 52.5 Å². The van der Waals surface area contributed by atoms with Crippen LogP contribution in [0.15, 0.2) is 48.5 Å². The molecule has 0 unspecified atom stereocenters. The lowest BCUT2D eigenvalue weighted by molar-refractivity contribution is -0.133.